The molecule has 5 heteroatoms. The predicted octanol–water partition coefficient (Wildman–Crippen LogP) is 1.83. The van der Waals surface area contributed by atoms with E-state index in [1.54, 1.807) is 24.3 Å². The van der Waals surface area contributed by atoms with E-state index in [0.717, 1.165) is 5.56 Å². The highest BCUT2D eigenvalue weighted by molar-refractivity contribution is 5.89. The van der Waals surface area contributed by atoms with Crippen LogP contribution in [-0.2, 0) is 11.3 Å². The van der Waals surface area contributed by atoms with Crippen LogP contribution in [0.4, 0.5) is 8.78 Å². The van der Waals surface area contributed by atoms with Gasteiger partial charge in [-0.05, 0) is 17.7 Å². The molecule has 3 nitrogen and oxygen atoms in total. The molecule has 0 saturated carbocycles. The van der Waals surface area contributed by atoms with E-state index in [0.29, 0.717) is 12.1 Å². The lowest BCUT2D eigenvalue weighted by molar-refractivity contribution is 0.0600. The molecule has 0 aromatic heterocycles. The molecule has 0 radical (unpaired) electrons. The van der Waals surface area contributed by atoms with Crippen molar-refractivity contribution in [2.24, 2.45) is 0 Å². The number of carbonyl (C=O) groups excluding carboxylic acids is 1. The van der Waals surface area contributed by atoms with Crippen LogP contribution in [0.3, 0.4) is 0 Å². The van der Waals surface area contributed by atoms with Gasteiger partial charge in [0.05, 0.1) is 19.2 Å². The molecule has 88 valence electrons. The topological polar surface area (TPSA) is 38.3 Å². The van der Waals surface area contributed by atoms with E-state index in [4.69, 9.17) is 0 Å². The van der Waals surface area contributed by atoms with Crippen molar-refractivity contribution < 1.29 is 18.3 Å². The zero-order valence-corrected chi connectivity index (χ0v) is 8.87. The Labute approximate surface area is 92.4 Å². The molecule has 0 aliphatic carbocycles. The number of benzene rings is 1. The second kappa shape index (κ2) is 6.17. The van der Waals surface area contributed by atoms with Gasteiger partial charge < -0.3 is 10.1 Å². The standard InChI is InChI=1S/C11H13F2NO2/c1-16-11(15)9-4-2-8(3-5-9)6-14-7-10(12)13/h2-5,10,14H,6-7H2,1H3. The summed E-state index contributed by atoms with van der Waals surface area (Å²) in [5.41, 5.74) is 1.29. The maximum atomic E-state index is 11.8. The first-order chi connectivity index (χ1) is 7.63. The maximum Gasteiger partial charge on any atom is 0.337 e. The van der Waals surface area contributed by atoms with Crippen molar-refractivity contribution in [3.05, 3.63) is 35.4 Å². The van der Waals surface area contributed by atoms with Crippen molar-refractivity contribution in [1.29, 1.82) is 0 Å². The minimum atomic E-state index is -2.35. The third-order valence-electron chi connectivity index (χ3n) is 2.00. The number of esters is 1. The number of halogens is 2. The van der Waals surface area contributed by atoms with Gasteiger partial charge in [0.25, 0.3) is 6.43 Å². The second-order valence-corrected chi connectivity index (χ2v) is 3.21. The fourth-order valence-electron chi connectivity index (χ4n) is 1.20. The minimum Gasteiger partial charge on any atom is -0.465 e. The van der Waals surface area contributed by atoms with Crippen molar-refractivity contribution in [2.75, 3.05) is 13.7 Å². The number of methoxy groups -OCH3 is 1. The summed E-state index contributed by atoms with van der Waals surface area (Å²) in [4.78, 5) is 11.1. The van der Waals surface area contributed by atoms with Gasteiger partial charge in [-0.3, -0.25) is 0 Å². The SMILES string of the molecule is COC(=O)c1ccc(CNCC(F)F)cc1. The molecule has 0 atom stereocenters. The molecule has 16 heavy (non-hydrogen) atoms. The van der Waals surface area contributed by atoms with Gasteiger partial charge in [-0.2, -0.15) is 0 Å². The first-order valence-corrected chi connectivity index (χ1v) is 4.79. The average Bonchev–Trinajstić information content (AvgIpc) is 2.28. The Hall–Kier alpha value is -1.49. The van der Waals surface area contributed by atoms with Gasteiger partial charge in [-0.15, -0.1) is 0 Å². The molecule has 0 aliphatic heterocycles. The van der Waals surface area contributed by atoms with E-state index in [1.165, 1.54) is 7.11 Å². The lowest BCUT2D eigenvalue weighted by Crippen LogP contribution is -2.20. The summed E-state index contributed by atoms with van der Waals surface area (Å²) in [6.45, 7) is 0.0184. The third-order valence-corrected chi connectivity index (χ3v) is 2.00. The summed E-state index contributed by atoms with van der Waals surface area (Å²) >= 11 is 0. The highest BCUT2D eigenvalue weighted by Crippen LogP contribution is 2.05. The van der Waals surface area contributed by atoms with Crippen LogP contribution < -0.4 is 5.32 Å². The predicted molar refractivity (Wildman–Crippen MR) is 55.5 cm³/mol. The van der Waals surface area contributed by atoms with Crippen LogP contribution in [-0.4, -0.2) is 26.0 Å². The fraction of sp³-hybridized carbons (Fsp3) is 0.364. The number of ether oxygens (including phenoxy) is 1. The van der Waals surface area contributed by atoms with Gasteiger partial charge in [0.2, 0.25) is 0 Å². The van der Waals surface area contributed by atoms with Gasteiger partial charge in [0.15, 0.2) is 0 Å². The highest BCUT2D eigenvalue weighted by Gasteiger charge is 2.04. The number of carbonyl (C=O) groups is 1. The van der Waals surface area contributed by atoms with Crippen LogP contribution in [0.1, 0.15) is 15.9 Å². The summed E-state index contributed by atoms with van der Waals surface area (Å²) in [5.74, 6) is -0.410. The van der Waals surface area contributed by atoms with Gasteiger partial charge in [-0.25, -0.2) is 13.6 Å². The quantitative estimate of drug-likeness (QED) is 0.783. The van der Waals surface area contributed by atoms with Crippen LogP contribution in [0.2, 0.25) is 0 Å². The number of alkyl halides is 2. The summed E-state index contributed by atoms with van der Waals surface area (Å²) < 4.78 is 28.2. The Morgan fingerprint density at radius 1 is 1.38 bits per heavy atom. The van der Waals surface area contributed by atoms with Crippen molar-refractivity contribution >= 4 is 5.97 Å². The molecule has 0 spiro atoms. The van der Waals surface area contributed by atoms with Crippen molar-refractivity contribution in [3.63, 3.8) is 0 Å². The van der Waals surface area contributed by atoms with Gasteiger partial charge >= 0.3 is 5.97 Å². The Morgan fingerprint density at radius 2 is 2.00 bits per heavy atom. The minimum absolute atomic E-state index is 0.335. The first kappa shape index (κ1) is 12.6. The normalized spacial score (nSPS) is 10.5. The zero-order valence-electron chi connectivity index (χ0n) is 8.87. The molecule has 1 aromatic rings. The number of hydrogen-bond acceptors (Lipinski definition) is 3. The Kier molecular flexibility index (Phi) is 4.85. The van der Waals surface area contributed by atoms with Gasteiger partial charge in [0, 0.05) is 6.54 Å². The Balaban J connectivity index is 2.48. The average molecular weight is 229 g/mol. The maximum absolute atomic E-state index is 11.8. The van der Waals surface area contributed by atoms with E-state index < -0.39 is 12.4 Å². The number of rotatable bonds is 5. The molecule has 1 rings (SSSR count). The second-order valence-electron chi connectivity index (χ2n) is 3.21. The summed E-state index contributed by atoms with van der Waals surface area (Å²) in [7, 11) is 1.31. The van der Waals surface area contributed by atoms with Crippen molar-refractivity contribution in [2.45, 2.75) is 13.0 Å². The molecule has 0 unspecified atom stereocenters. The summed E-state index contributed by atoms with van der Waals surface area (Å²) in [5, 5.41) is 2.60. The molecule has 0 aliphatic rings. The smallest absolute Gasteiger partial charge is 0.337 e. The van der Waals surface area contributed by atoms with E-state index >= 15 is 0 Å². The molecule has 0 bridgehead atoms. The van der Waals surface area contributed by atoms with Crippen molar-refractivity contribution in [1.82, 2.24) is 5.32 Å². The van der Waals surface area contributed by atoms with Crippen molar-refractivity contribution in [3.8, 4) is 0 Å². The molecule has 1 aromatic carbocycles. The zero-order chi connectivity index (χ0) is 12.0. The molecule has 1 N–H and O–H groups in total. The Morgan fingerprint density at radius 3 is 2.50 bits per heavy atom. The molecule has 0 amide bonds. The molecular formula is C11H13F2NO2. The van der Waals surface area contributed by atoms with Crippen LogP contribution in [0, 0.1) is 0 Å². The van der Waals surface area contributed by atoms with Crippen LogP contribution in [0.25, 0.3) is 0 Å². The van der Waals surface area contributed by atoms with E-state index in [9.17, 15) is 13.6 Å². The molecule has 0 saturated heterocycles. The first-order valence-electron chi connectivity index (χ1n) is 4.79. The van der Waals surface area contributed by atoms with Crippen LogP contribution in [0.15, 0.2) is 24.3 Å². The van der Waals surface area contributed by atoms with E-state index in [2.05, 4.69) is 10.1 Å². The summed E-state index contributed by atoms with van der Waals surface area (Å²) in [6, 6.07) is 6.60. The lowest BCUT2D eigenvalue weighted by Gasteiger charge is -2.05. The monoisotopic (exact) mass is 229 g/mol. The third kappa shape index (κ3) is 3.94. The molecule has 0 heterocycles. The van der Waals surface area contributed by atoms with Crippen LogP contribution >= 0.6 is 0 Å². The highest BCUT2D eigenvalue weighted by atomic mass is 19.3. The molecular weight excluding hydrogens is 216 g/mol. The molecule has 0 fully saturated rings. The van der Waals surface area contributed by atoms with Gasteiger partial charge in [-0.1, -0.05) is 12.1 Å². The van der Waals surface area contributed by atoms with Crippen LogP contribution in [0.5, 0.6) is 0 Å². The Bertz CT molecular complexity index is 338. The number of nitrogens with one attached hydrogen (secondary N) is 1. The summed E-state index contributed by atoms with van der Waals surface area (Å²) in [6.07, 6.45) is -2.35. The van der Waals surface area contributed by atoms with Gasteiger partial charge in [0.1, 0.15) is 0 Å². The largest absolute Gasteiger partial charge is 0.465 e. The van der Waals surface area contributed by atoms with E-state index in [1.807, 2.05) is 0 Å². The fourth-order valence-corrected chi connectivity index (χ4v) is 1.20. The van der Waals surface area contributed by atoms with E-state index in [-0.39, 0.29) is 6.54 Å². The number of hydrogen-bond donors (Lipinski definition) is 1. The lowest BCUT2D eigenvalue weighted by atomic mass is 10.1.